The number of aromatic nitrogens is 2. The predicted molar refractivity (Wildman–Crippen MR) is 128 cm³/mol. The van der Waals surface area contributed by atoms with Crippen molar-refractivity contribution in [3.05, 3.63) is 75.8 Å². The molecule has 1 atom stereocenters. The normalized spacial score (nSPS) is 14.7. The first-order valence-corrected chi connectivity index (χ1v) is 12.1. The number of benzene rings is 2. The minimum absolute atomic E-state index is 0.258. The van der Waals surface area contributed by atoms with Gasteiger partial charge in [-0.1, -0.05) is 29.5 Å². The van der Waals surface area contributed by atoms with Gasteiger partial charge in [0.1, 0.15) is 10.0 Å². The molecule has 1 amide bonds. The van der Waals surface area contributed by atoms with Crippen LogP contribution in [0.5, 0.6) is 0 Å². The van der Waals surface area contributed by atoms with Crippen LogP contribution in [0.4, 0.5) is 13.2 Å². The number of carbonyl (C=O) groups is 1. The van der Waals surface area contributed by atoms with E-state index >= 15 is 0 Å². The molecular weight excluding hydrogens is 473 g/mol. The Hall–Kier alpha value is -3.51. The largest absolute Gasteiger partial charge is 0.416 e. The first kappa shape index (κ1) is 24.6. The van der Waals surface area contributed by atoms with Crippen molar-refractivity contribution < 1.29 is 18.0 Å². The van der Waals surface area contributed by atoms with Crippen molar-refractivity contribution in [2.24, 2.45) is 0 Å². The van der Waals surface area contributed by atoms with Gasteiger partial charge >= 0.3 is 6.18 Å². The highest BCUT2D eigenvalue weighted by Gasteiger charge is 2.32. The SMILES string of the molecule is CC(=O)NC(Cc1ccc(C#N)cc1)c1nnc(-c2cc(C3=CCCCC3)cc(C(F)(F)F)c2)s1. The van der Waals surface area contributed by atoms with E-state index in [0.29, 0.717) is 33.1 Å². The fraction of sp³-hybridized carbons (Fsp3) is 0.308. The highest BCUT2D eigenvalue weighted by atomic mass is 32.1. The molecule has 1 aromatic heterocycles. The van der Waals surface area contributed by atoms with Crippen LogP contribution in [0.3, 0.4) is 0 Å². The average molecular weight is 497 g/mol. The second-order valence-corrected chi connectivity index (χ2v) is 9.49. The molecule has 1 unspecified atom stereocenters. The molecule has 1 aliphatic rings. The van der Waals surface area contributed by atoms with Crippen molar-refractivity contribution in [2.75, 3.05) is 0 Å². The topological polar surface area (TPSA) is 78.7 Å². The van der Waals surface area contributed by atoms with Gasteiger partial charge in [-0.3, -0.25) is 4.79 Å². The molecule has 0 fully saturated rings. The third kappa shape index (κ3) is 6.14. The van der Waals surface area contributed by atoms with E-state index in [0.717, 1.165) is 54.2 Å². The molecule has 1 N–H and O–H groups in total. The fourth-order valence-corrected chi connectivity index (χ4v) is 4.97. The van der Waals surface area contributed by atoms with Crippen LogP contribution in [0.1, 0.15) is 65.9 Å². The number of nitriles is 1. The molecule has 0 saturated heterocycles. The van der Waals surface area contributed by atoms with E-state index in [1.807, 2.05) is 6.08 Å². The molecule has 35 heavy (non-hydrogen) atoms. The van der Waals surface area contributed by atoms with Gasteiger partial charge in [-0.2, -0.15) is 18.4 Å². The van der Waals surface area contributed by atoms with Gasteiger partial charge in [-0.25, -0.2) is 0 Å². The zero-order chi connectivity index (χ0) is 25.0. The lowest BCUT2D eigenvalue weighted by atomic mass is 9.91. The van der Waals surface area contributed by atoms with Gasteiger partial charge in [0, 0.05) is 12.5 Å². The summed E-state index contributed by atoms with van der Waals surface area (Å²) in [5, 5.41) is 21.1. The molecule has 180 valence electrons. The minimum atomic E-state index is -4.48. The third-order valence-corrected chi connectivity index (χ3v) is 6.89. The van der Waals surface area contributed by atoms with E-state index in [-0.39, 0.29) is 5.91 Å². The van der Waals surface area contributed by atoms with Gasteiger partial charge in [-0.15, -0.1) is 10.2 Å². The molecule has 0 radical (unpaired) electrons. The number of allylic oxidation sites excluding steroid dienone is 2. The summed E-state index contributed by atoms with van der Waals surface area (Å²) in [5.41, 5.74) is 2.52. The molecule has 0 spiro atoms. The Kier molecular flexibility index (Phi) is 7.31. The zero-order valence-electron chi connectivity index (χ0n) is 19.0. The summed E-state index contributed by atoms with van der Waals surface area (Å²) in [6.45, 7) is 1.39. The Balaban J connectivity index is 1.68. The number of rotatable bonds is 6. The molecule has 0 bridgehead atoms. The highest BCUT2D eigenvalue weighted by molar-refractivity contribution is 7.14. The zero-order valence-corrected chi connectivity index (χ0v) is 19.8. The summed E-state index contributed by atoms with van der Waals surface area (Å²) >= 11 is 1.16. The number of nitrogens with zero attached hydrogens (tertiary/aromatic N) is 3. The molecule has 3 aromatic rings. The fourth-order valence-electron chi connectivity index (χ4n) is 4.09. The van der Waals surface area contributed by atoms with Gasteiger partial charge in [0.2, 0.25) is 5.91 Å². The molecule has 5 nitrogen and oxygen atoms in total. The lowest BCUT2D eigenvalue weighted by Crippen LogP contribution is -2.27. The summed E-state index contributed by atoms with van der Waals surface area (Å²) in [4.78, 5) is 11.8. The van der Waals surface area contributed by atoms with Crippen molar-refractivity contribution >= 4 is 22.8 Å². The van der Waals surface area contributed by atoms with E-state index in [1.165, 1.54) is 13.0 Å². The Bertz CT molecular complexity index is 1290. The van der Waals surface area contributed by atoms with E-state index in [2.05, 4.69) is 21.6 Å². The Labute approximate surface area is 205 Å². The minimum Gasteiger partial charge on any atom is -0.347 e. The van der Waals surface area contributed by atoms with Crippen LogP contribution in [0, 0.1) is 11.3 Å². The Morgan fingerprint density at radius 1 is 1.14 bits per heavy atom. The van der Waals surface area contributed by atoms with Crippen LogP contribution in [0.25, 0.3) is 16.1 Å². The molecule has 1 aliphatic carbocycles. The molecule has 9 heteroatoms. The van der Waals surface area contributed by atoms with Crippen LogP contribution < -0.4 is 5.32 Å². The second-order valence-electron chi connectivity index (χ2n) is 8.48. The second kappa shape index (κ2) is 10.4. The van der Waals surface area contributed by atoms with Gasteiger partial charge in [0.05, 0.1) is 23.2 Å². The Morgan fingerprint density at radius 3 is 2.51 bits per heavy atom. The molecule has 0 aliphatic heterocycles. The van der Waals surface area contributed by atoms with E-state index < -0.39 is 17.8 Å². The lowest BCUT2D eigenvalue weighted by molar-refractivity contribution is -0.137. The molecule has 4 rings (SSSR count). The van der Waals surface area contributed by atoms with Gasteiger partial charge in [0.25, 0.3) is 0 Å². The number of hydrogen-bond acceptors (Lipinski definition) is 5. The number of carbonyl (C=O) groups excluding carboxylic acids is 1. The van der Waals surface area contributed by atoms with E-state index in [9.17, 15) is 18.0 Å². The number of alkyl halides is 3. The summed E-state index contributed by atoms with van der Waals surface area (Å²) < 4.78 is 41.1. The van der Waals surface area contributed by atoms with Crippen LogP contribution in [0.15, 0.2) is 48.5 Å². The van der Waals surface area contributed by atoms with Gasteiger partial charge in [-0.05, 0) is 79.1 Å². The van der Waals surface area contributed by atoms with Crippen LogP contribution in [-0.4, -0.2) is 16.1 Å². The number of nitrogens with one attached hydrogen (secondary N) is 1. The monoisotopic (exact) mass is 496 g/mol. The number of halogens is 3. The van der Waals surface area contributed by atoms with Gasteiger partial charge < -0.3 is 5.32 Å². The maximum Gasteiger partial charge on any atom is 0.416 e. The van der Waals surface area contributed by atoms with Crippen LogP contribution >= 0.6 is 11.3 Å². The molecule has 0 saturated carbocycles. The molecule has 2 aromatic carbocycles. The summed E-state index contributed by atoms with van der Waals surface area (Å²) in [5.74, 6) is -0.258. The lowest BCUT2D eigenvalue weighted by Gasteiger charge is -2.16. The summed E-state index contributed by atoms with van der Waals surface area (Å²) in [7, 11) is 0. The molecular formula is C26H23F3N4OS. The van der Waals surface area contributed by atoms with Crippen molar-refractivity contribution in [3.8, 4) is 16.6 Å². The number of amides is 1. The first-order chi connectivity index (χ1) is 16.7. The van der Waals surface area contributed by atoms with E-state index in [1.54, 1.807) is 30.3 Å². The molecule has 1 heterocycles. The summed E-state index contributed by atoms with van der Waals surface area (Å²) in [6, 6.07) is 12.6. The third-order valence-electron chi connectivity index (χ3n) is 5.81. The van der Waals surface area contributed by atoms with Gasteiger partial charge in [0.15, 0.2) is 0 Å². The van der Waals surface area contributed by atoms with Crippen molar-refractivity contribution in [1.29, 1.82) is 5.26 Å². The van der Waals surface area contributed by atoms with Crippen LogP contribution in [-0.2, 0) is 17.4 Å². The maximum absolute atomic E-state index is 13.7. The van der Waals surface area contributed by atoms with Crippen LogP contribution in [0.2, 0.25) is 0 Å². The standard InChI is InChI=1S/C26H23F3N4OS/c1-16(34)31-23(11-17-7-9-18(15-30)10-8-17)25-33-32-24(35-25)21-12-20(19-5-3-2-4-6-19)13-22(14-21)26(27,28)29/h5,7-10,12-14,23H,2-4,6,11H2,1H3,(H,31,34). The Morgan fingerprint density at radius 2 is 1.89 bits per heavy atom. The summed E-state index contributed by atoms with van der Waals surface area (Å²) in [6.07, 6.45) is 1.53. The van der Waals surface area contributed by atoms with Crippen molar-refractivity contribution in [3.63, 3.8) is 0 Å². The quantitative estimate of drug-likeness (QED) is 0.424. The smallest absolute Gasteiger partial charge is 0.347 e. The predicted octanol–water partition coefficient (Wildman–Crippen LogP) is 6.47. The first-order valence-electron chi connectivity index (χ1n) is 11.2. The number of hydrogen-bond donors (Lipinski definition) is 1. The maximum atomic E-state index is 13.7. The van der Waals surface area contributed by atoms with E-state index in [4.69, 9.17) is 5.26 Å². The van der Waals surface area contributed by atoms with Crippen molar-refractivity contribution in [2.45, 2.75) is 51.2 Å². The average Bonchev–Trinajstić information content (AvgIpc) is 3.34. The van der Waals surface area contributed by atoms with Crippen molar-refractivity contribution in [1.82, 2.24) is 15.5 Å². The highest BCUT2D eigenvalue weighted by Crippen LogP contribution is 2.38.